The minimum Gasteiger partial charge on any atom is -0.393 e. The van der Waals surface area contributed by atoms with Crippen LogP contribution in [0.5, 0.6) is 0 Å². The number of anilines is 3. The highest BCUT2D eigenvalue weighted by Crippen LogP contribution is 2.50. The molecule has 0 saturated carbocycles. The molecule has 0 amide bonds. The summed E-state index contributed by atoms with van der Waals surface area (Å²) in [5.41, 5.74) is 10.1. The highest BCUT2D eigenvalue weighted by molar-refractivity contribution is 7.86. The molecule has 3 aromatic rings. The highest BCUT2D eigenvalue weighted by Gasteiger charge is 2.46. The average Bonchev–Trinajstić information content (AvgIpc) is 3.54. The normalized spacial score (nSPS) is 19.0. The lowest BCUT2D eigenvalue weighted by Crippen LogP contribution is -2.50. The summed E-state index contributed by atoms with van der Waals surface area (Å²) in [5.74, 6) is 0.508. The average molecular weight is 948 g/mol. The third-order valence-electron chi connectivity index (χ3n) is 13.1. The van der Waals surface area contributed by atoms with E-state index < -0.39 is 16.4 Å². The number of likely N-dealkylation sites (N-methyl/N-ethyl adjacent to an activating group) is 3. The fourth-order valence-electron chi connectivity index (χ4n) is 9.32. The zero-order chi connectivity index (χ0) is 47.6. The summed E-state index contributed by atoms with van der Waals surface area (Å²) < 4.78 is 18.8. The van der Waals surface area contributed by atoms with E-state index in [-0.39, 0.29) is 17.6 Å². The van der Waals surface area contributed by atoms with E-state index in [0.717, 1.165) is 109 Å². The Balaban J connectivity index is 1.26. The highest BCUT2D eigenvalue weighted by atomic mass is 35.5. The second-order valence-corrected chi connectivity index (χ2v) is 20.5. The summed E-state index contributed by atoms with van der Waals surface area (Å²) in [4.78, 5) is 21.3. The molecule has 4 atom stereocenters. The van der Waals surface area contributed by atoms with Crippen molar-refractivity contribution in [3.05, 3.63) is 106 Å². The molecule has 5 N–H and O–H groups in total. The Kier molecular flexibility index (Phi) is 18.4. The van der Waals surface area contributed by atoms with Crippen molar-refractivity contribution in [1.82, 2.24) is 25.0 Å². The SMILES string of the molecule is C/C=C(\C=C/CCl)c1c(C2(C)C=C(NCCN(C)c3ccc(NS(=O)c4ccc(NC(C)(C)CCC(O)CCNCCC)c(S)c4)cc3)C(C)C3=C2N(C)CCN3C)c(C=O)c(C)n1C. The third-order valence-corrected chi connectivity index (χ3v) is 14.7. The monoisotopic (exact) mass is 947 g/mol. The van der Waals surface area contributed by atoms with Gasteiger partial charge in [-0.3, -0.25) is 4.79 Å². The molecule has 356 valence electrons. The van der Waals surface area contributed by atoms with Crippen LogP contribution in [-0.2, 0) is 23.4 Å². The van der Waals surface area contributed by atoms with Gasteiger partial charge in [0.25, 0.3) is 0 Å². The van der Waals surface area contributed by atoms with Gasteiger partial charge in [-0.15, -0.1) is 24.2 Å². The van der Waals surface area contributed by atoms with Crippen LogP contribution in [0.1, 0.15) is 94.5 Å². The van der Waals surface area contributed by atoms with Crippen LogP contribution < -0.4 is 25.6 Å². The molecule has 1 aromatic heterocycles. The molecule has 0 radical (unpaired) electrons. The Hall–Kier alpha value is -4.14. The Labute approximate surface area is 402 Å². The van der Waals surface area contributed by atoms with Crippen LogP contribution >= 0.6 is 24.2 Å². The molecule has 1 aliphatic heterocycles. The largest absolute Gasteiger partial charge is 0.393 e. The standard InChI is InChI=1S/C51H75ClN8O3S2/c1-12-26-53-27-23-40(62)22-24-50(5,6)55-43-21-20-41(32-45(43)64)65(63)56-38-16-18-39(19-17-38)57(8)29-28-54-44-33-51(7,49-47(35(44)3)58(9)30-31-59(49)10)46-42(34-61)36(4)60(11)48(46)37(13-2)15-14-25-52/h13-21,32-35,40,53-56,62,64H,12,22-31H2,1-11H3/b15-14-,37-13+. The first-order valence-electron chi connectivity index (χ1n) is 23.1. The van der Waals surface area contributed by atoms with E-state index in [1.165, 1.54) is 11.4 Å². The topological polar surface area (TPSA) is 117 Å². The fourth-order valence-corrected chi connectivity index (χ4v) is 10.6. The lowest BCUT2D eigenvalue weighted by molar-refractivity contribution is 0.112. The number of aldehydes is 1. The van der Waals surface area contributed by atoms with Gasteiger partial charge in [-0.2, -0.15) is 0 Å². The van der Waals surface area contributed by atoms with Crippen molar-refractivity contribution in [3.8, 4) is 0 Å². The van der Waals surface area contributed by atoms with Crippen LogP contribution in [0.2, 0.25) is 0 Å². The van der Waals surface area contributed by atoms with Crippen molar-refractivity contribution in [2.24, 2.45) is 13.0 Å². The van der Waals surface area contributed by atoms with Crippen molar-refractivity contribution in [2.75, 3.05) is 81.2 Å². The number of hydrogen-bond donors (Lipinski definition) is 6. The first kappa shape index (κ1) is 51.8. The van der Waals surface area contributed by atoms with Gasteiger partial charge in [0.1, 0.15) is 11.0 Å². The Bertz CT molecular complexity index is 2270. The lowest BCUT2D eigenvalue weighted by Gasteiger charge is -2.49. The number of aliphatic hydroxyl groups excluding tert-OH is 1. The maximum atomic E-state index is 13.5. The van der Waals surface area contributed by atoms with E-state index in [1.54, 1.807) is 0 Å². The molecule has 2 aromatic carbocycles. The van der Waals surface area contributed by atoms with Gasteiger partial charge in [0.2, 0.25) is 0 Å². The van der Waals surface area contributed by atoms with Crippen LogP contribution in [0.15, 0.2) is 93.7 Å². The van der Waals surface area contributed by atoms with Gasteiger partial charge < -0.3 is 45.0 Å². The first-order chi connectivity index (χ1) is 30.9. The fraction of sp³-hybridized carbons (Fsp3) is 0.510. The predicted octanol–water partition coefficient (Wildman–Crippen LogP) is 9.10. The van der Waals surface area contributed by atoms with Gasteiger partial charge in [-0.05, 0) is 128 Å². The van der Waals surface area contributed by atoms with Crippen LogP contribution in [0.25, 0.3) is 5.57 Å². The molecule has 65 heavy (non-hydrogen) atoms. The summed E-state index contributed by atoms with van der Waals surface area (Å²) in [6, 6.07) is 13.6. The van der Waals surface area contributed by atoms with Gasteiger partial charge in [0.05, 0.1) is 22.1 Å². The van der Waals surface area contributed by atoms with E-state index in [0.29, 0.717) is 28.6 Å². The Morgan fingerprint density at radius 2 is 1.80 bits per heavy atom. The van der Waals surface area contributed by atoms with Gasteiger partial charge in [-0.25, -0.2) is 4.21 Å². The van der Waals surface area contributed by atoms with E-state index >= 15 is 0 Å². The number of thiol groups is 1. The number of nitrogens with one attached hydrogen (secondary N) is 4. The Morgan fingerprint density at radius 1 is 1.09 bits per heavy atom. The number of allylic oxidation sites excluding steroid dienone is 5. The van der Waals surface area contributed by atoms with Crippen LogP contribution in [-0.4, -0.2) is 108 Å². The molecule has 0 saturated heterocycles. The summed E-state index contributed by atoms with van der Waals surface area (Å²) in [6.07, 6.45) is 12.5. The summed E-state index contributed by atoms with van der Waals surface area (Å²) in [7, 11) is 6.98. The van der Waals surface area contributed by atoms with Gasteiger partial charge >= 0.3 is 0 Å². The van der Waals surface area contributed by atoms with Crippen molar-refractivity contribution in [3.63, 3.8) is 0 Å². The molecule has 0 bridgehead atoms. The quantitative estimate of drug-likeness (QED) is 0.0182. The maximum absolute atomic E-state index is 13.5. The summed E-state index contributed by atoms with van der Waals surface area (Å²) in [6.45, 7) is 20.0. The minimum absolute atomic E-state index is 0.110. The summed E-state index contributed by atoms with van der Waals surface area (Å²) >= 11 is 10.9. The number of carbonyl (C=O) groups is 1. The number of rotatable bonds is 23. The van der Waals surface area contributed by atoms with Gasteiger partial charge in [0.15, 0.2) is 6.29 Å². The molecule has 1 aliphatic carbocycles. The maximum Gasteiger partial charge on any atom is 0.152 e. The minimum atomic E-state index is -1.49. The number of aliphatic hydroxyl groups is 1. The zero-order valence-corrected chi connectivity index (χ0v) is 43.1. The molecule has 4 unspecified atom stereocenters. The third kappa shape index (κ3) is 12.3. The van der Waals surface area contributed by atoms with Crippen LogP contribution in [0, 0.1) is 12.8 Å². The van der Waals surface area contributed by atoms with Crippen LogP contribution in [0.4, 0.5) is 17.1 Å². The van der Waals surface area contributed by atoms with E-state index in [2.05, 4.69) is 114 Å². The molecular weight excluding hydrogens is 872 g/mol. The van der Waals surface area contributed by atoms with Gasteiger partial charge in [-0.1, -0.05) is 32.1 Å². The van der Waals surface area contributed by atoms with E-state index in [1.807, 2.05) is 69.4 Å². The molecule has 0 fully saturated rings. The first-order valence-corrected chi connectivity index (χ1v) is 25.2. The number of nitrogens with zero attached hydrogens (tertiary/aromatic N) is 4. The molecule has 5 rings (SSSR count). The molecule has 14 heteroatoms. The second kappa shape index (κ2) is 23.0. The predicted molar refractivity (Wildman–Crippen MR) is 278 cm³/mol. The number of hydrogen-bond acceptors (Lipinski definition) is 10. The second-order valence-electron chi connectivity index (χ2n) is 18.5. The number of alkyl halides is 1. The van der Waals surface area contributed by atoms with Crippen LogP contribution in [0.3, 0.4) is 0 Å². The van der Waals surface area contributed by atoms with Crippen molar-refractivity contribution in [2.45, 2.75) is 101 Å². The molecule has 2 heterocycles. The van der Waals surface area contributed by atoms with E-state index in [4.69, 9.17) is 24.2 Å². The number of benzene rings is 2. The van der Waals surface area contributed by atoms with Gasteiger partial charge in [0, 0.05) is 128 Å². The molecular formula is C51H75ClN8O3S2. The molecule has 0 spiro atoms. The Morgan fingerprint density at radius 3 is 2.45 bits per heavy atom. The lowest BCUT2D eigenvalue weighted by atomic mass is 9.69. The van der Waals surface area contributed by atoms with Crippen molar-refractivity contribution in [1.29, 1.82) is 0 Å². The number of aromatic nitrogens is 1. The summed E-state index contributed by atoms with van der Waals surface area (Å²) in [5, 5.41) is 21.2. The number of carbonyl (C=O) groups excluding carboxylic acids is 1. The van der Waals surface area contributed by atoms with Crippen molar-refractivity contribution < 1.29 is 14.1 Å². The number of halogens is 1. The zero-order valence-electron chi connectivity index (χ0n) is 40.6. The van der Waals surface area contributed by atoms with E-state index in [9.17, 15) is 14.1 Å². The molecule has 2 aliphatic rings. The van der Waals surface area contributed by atoms with Crippen molar-refractivity contribution >= 4 is 64.1 Å². The molecule has 11 nitrogen and oxygen atoms in total. The smallest absolute Gasteiger partial charge is 0.152 e.